The van der Waals surface area contributed by atoms with E-state index in [-0.39, 0.29) is 0 Å². The van der Waals surface area contributed by atoms with Gasteiger partial charge in [-0.05, 0) is 42.6 Å². The van der Waals surface area contributed by atoms with Crippen molar-refractivity contribution in [3.8, 4) is 0 Å². The van der Waals surface area contributed by atoms with Crippen molar-refractivity contribution in [1.29, 1.82) is 0 Å². The van der Waals surface area contributed by atoms with E-state index in [1.54, 1.807) is 0 Å². The van der Waals surface area contributed by atoms with Gasteiger partial charge in [0, 0.05) is 0 Å². The Morgan fingerprint density at radius 1 is 1.40 bits per heavy atom. The third kappa shape index (κ3) is 0.619. The lowest BCUT2D eigenvalue weighted by molar-refractivity contribution is 0.344. The van der Waals surface area contributed by atoms with Crippen LogP contribution in [-0.2, 0) is 0 Å². The highest BCUT2D eigenvalue weighted by Crippen LogP contribution is 2.72. The van der Waals surface area contributed by atoms with Gasteiger partial charge in [0.2, 0.25) is 0 Å². The van der Waals surface area contributed by atoms with Crippen LogP contribution in [0.5, 0.6) is 0 Å². The van der Waals surface area contributed by atoms with E-state index in [1.165, 1.54) is 19.3 Å². The molecule has 0 spiro atoms. The van der Waals surface area contributed by atoms with Crippen molar-refractivity contribution in [3.63, 3.8) is 0 Å². The van der Waals surface area contributed by atoms with Gasteiger partial charge >= 0.3 is 0 Å². The molecule has 0 aliphatic heterocycles. The molecule has 10 heavy (non-hydrogen) atoms. The topological polar surface area (TPSA) is 26.0 Å². The second kappa shape index (κ2) is 1.58. The maximum Gasteiger partial charge on any atom is -0.00125 e. The first kappa shape index (κ1) is 6.66. The lowest BCUT2D eigenvalue weighted by atomic mass is 9.91. The third-order valence-electron chi connectivity index (χ3n) is 3.70. The average Bonchev–Trinajstić information content (AvgIpc) is 2.64. The summed E-state index contributed by atoms with van der Waals surface area (Å²) in [5.41, 5.74) is 6.93. The Morgan fingerprint density at radius 2 is 1.90 bits per heavy atom. The predicted octanol–water partition coefficient (Wildman–Crippen LogP) is 1.77. The summed E-state index contributed by atoms with van der Waals surface area (Å²) in [6.45, 7) is 5.64. The van der Waals surface area contributed by atoms with E-state index in [2.05, 4.69) is 13.8 Å². The molecule has 0 amide bonds. The normalized spacial score (nSPS) is 43.5. The number of rotatable bonds is 2. The summed E-state index contributed by atoms with van der Waals surface area (Å²) in [5.74, 6) is 0.993. The van der Waals surface area contributed by atoms with Crippen LogP contribution >= 0.6 is 0 Å². The minimum absolute atomic E-state index is 0.572. The third-order valence-corrected chi connectivity index (χ3v) is 3.70. The molecule has 0 heterocycles. The Hall–Kier alpha value is -0.0400. The van der Waals surface area contributed by atoms with Crippen molar-refractivity contribution in [2.75, 3.05) is 6.54 Å². The number of hydrogen-bond acceptors (Lipinski definition) is 1. The lowest BCUT2D eigenvalue weighted by Gasteiger charge is -2.16. The maximum atomic E-state index is 5.79. The second-order valence-electron chi connectivity index (χ2n) is 4.70. The first-order valence-electron chi connectivity index (χ1n) is 4.32. The van der Waals surface area contributed by atoms with Crippen molar-refractivity contribution >= 4 is 0 Å². The van der Waals surface area contributed by atoms with Gasteiger partial charge in [0.05, 0.1) is 0 Å². The van der Waals surface area contributed by atoms with Gasteiger partial charge in [-0.15, -0.1) is 0 Å². The summed E-state index contributed by atoms with van der Waals surface area (Å²) in [7, 11) is 0. The molecule has 1 atom stereocenters. The molecule has 1 unspecified atom stereocenters. The van der Waals surface area contributed by atoms with Crippen LogP contribution in [0.15, 0.2) is 0 Å². The Balaban J connectivity index is 2.12. The molecular weight excluding hydrogens is 122 g/mol. The minimum atomic E-state index is 0.572. The van der Waals surface area contributed by atoms with E-state index >= 15 is 0 Å². The molecule has 2 aliphatic carbocycles. The van der Waals surface area contributed by atoms with Crippen LogP contribution in [0.3, 0.4) is 0 Å². The fraction of sp³-hybridized carbons (Fsp3) is 1.00. The fourth-order valence-corrected chi connectivity index (χ4v) is 2.59. The molecule has 1 heteroatoms. The fourth-order valence-electron chi connectivity index (χ4n) is 2.59. The van der Waals surface area contributed by atoms with E-state index in [9.17, 15) is 0 Å². The van der Waals surface area contributed by atoms with Gasteiger partial charge in [0.15, 0.2) is 0 Å². The highest BCUT2D eigenvalue weighted by atomic mass is 14.8. The van der Waals surface area contributed by atoms with Gasteiger partial charge in [-0.1, -0.05) is 13.8 Å². The molecule has 2 rings (SSSR count). The first-order valence-corrected chi connectivity index (χ1v) is 4.32. The molecule has 0 radical (unpaired) electrons. The van der Waals surface area contributed by atoms with Crippen molar-refractivity contribution in [2.45, 2.75) is 33.1 Å². The van der Waals surface area contributed by atoms with Crippen LogP contribution in [0.2, 0.25) is 0 Å². The molecule has 1 nitrogen and oxygen atoms in total. The lowest BCUT2D eigenvalue weighted by Crippen LogP contribution is -2.22. The van der Waals surface area contributed by atoms with Crippen molar-refractivity contribution in [3.05, 3.63) is 0 Å². The summed E-state index contributed by atoms with van der Waals surface area (Å²) in [5, 5.41) is 0. The van der Waals surface area contributed by atoms with E-state index in [0.717, 1.165) is 12.5 Å². The van der Waals surface area contributed by atoms with Crippen molar-refractivity contribution in [2.24, 2.45) is 22.5 Å². The molecule has 2 N–H and O–H groups in total. The highest BCUT2D eigenvalue weighted by molar-refractivity contribution is 5.16. The summed E-state index contributed by atoms with van der Waals surface area (Å²) in [4.78, 5) is 0. The van der Waals surface area contributed by atoms with Crippen LogP contribution in [0.4, 0.5) is 0 Å². The van der Waals surface area contributed by atoms with Crippen LogP contribution in [0.1, 0.15) is 33.1 Å². The highest BCUT2D eigenvalue weighted by Gasteiger charge is 2.66. The Kier molecular flexibility index (Phi) is 1.05. The Labute approximate surface area is 63.0 Å². The van der Waals surface area contributed by atoms with E-state index in [1.807, 2.05) is 0 Å². The van der Waals surface area contributed by atoms with Gasteiger partial charge in [-0.3, -0.25) is 0 Å². The van der Waals surface area contributed by atoms with E-state index in [4.69, 9.17) is 5.73 Å². The zero-order valence-electron chi connectivity index (χ0n) is 6.98. The van der Waals surface area contributed by atoms with E-state index in [0.29, 0.717) is 10.8 Å². The Bertz CT molecular complexity index is 158. The summed E-state index contributed by atoms with van der Waals surface area (Å²) in [6, 6.07) is 0. The van der Waals surface area contributed by atoms with Gasteiger partial charge in [-0.25, -0.2) is 0 Å². The quantitative estimate of drug-likeness (QED) is 0.620. The number of nitrogens with two attached hydrogens (primary N) is 1. The summed E-state index contributed by atoms with van der Waals surface area (Å²) < 4.78 is 0. The van der Waals surface area contributed by atoms with Crippen LogP contribution < -0.4 is 5.73 Å². The van der Waals surface area contributed by atoms with Crippen LogP contribution in [0.25, 0.3) is 0 Å². The second-order valence-corrected chi connectivity index (χ2v) is 4.70. The number of hydrogen-bond donors (Lipinski definition) is 1. The SMILES string of the molecule is CC1(C)CC1(CN)C1CC1. The smallest absolute Gasteiger partial charge is 0.00125 e. The molecule has 0 bridgehead atoms. The summed E-state index contributed by atoms with van der Waals surface area (Å²) >= 11 is 0. The average molecular weight is 139 g/mol. The summed E-state index contributed by atoms with van der Waals surface area (Å²) in [6.07, 6.45) is 4.27. The molecule has 2 saturated carbocycles. The molecule has 0 saturated heterocycles. The van der Waals surface area contributed by atoms with Gasteiger partial charge < -0.3 is 5.73 Å². The molecule has 0 aromatic heterocycles. The molecule has 2 aliphatic rings. The predicted molar refractivity (Wildman–Crippen MR) is 42.6 cm³/mol. The largest absolute Gasteiger partial charge is 0.330 e. The monoisotopic (exact) mass is 139 g/mol. The van der Waals surface area contributed by atoms with Crippen molar-refractivity contribution in [1.82, 2.24) is 0 Å². The standard InChI is InChI=1S/C9H17N/c1-8(2)5-9(8,6-10)7-3-4-7/h7H,3-6,10H2,1-2H3. The maximum absolute atomic E-state index is 5.79. The first-order chi connectivity index (χ1) is 4.62. The zero-order chi connectivity index (χ0) is 7.41. The molecule has 0 aromatic carbocycles. The Morgan fingerprint density at radius 3 is 2.00 bits per heavy atom. The molecular formula is C9H17N. The van der Waals surface area contributed by atoms with Crippen LogP contribution in [-0.4, -0.2) is 6.54 Å². The molecule has 2 fully saturated rings. The van der Waals surface area contributed by atoms with Crippen LogP contribution in [0, 0.1) is 16.7 Å². The molecule has 0 aromatic rings. The molecule has 58 valence electrons. The zero-order valence-corrected chi connectivity index (χ0v) is 6.98. The van der Waals surface area contributed by atoms with Gasteiger partial charge in [0.25, 0.3) is 0 Å². The minimum Gasteiger partial charge on any atom is -0.330 e. The van der Waals surface area contributed by atoms with Crippen molar-refractivity contribution < 1.29 is 0 Å². The van der Waals surface area contributed by atoms with Gasteiger partial charge in [0.1, 0.15) is 0 Å². The van der Waals surface area contributed by atoms with E-state index < -0.39 is 0 Å². The van der Waals surface area contributed by atoms with Gasteiger partial charge in [-0.2, -0.15) is 0 Å².